The molecule has 2 aliphatic carbocycles. The molecule has 1 aliphatic heterocycles. The first-order chi connectivity index (χ1) is 21.1. The Labute approximate surface area is 262 Å². The standard InChI is InChI=1S/C38H48N4O2/c1-26-20-27(2)32(37(44)21-26)14-15-36(43)33-22-30(23-35-34(33)24-39-42(35)31-8-6-7-9-31)29-12-10-28(11-13-29)25-40-16-18-41(19-17-40)38(3,4)5/h10-13,20,22-24,31H,6-9,14-19,21,25H2,1-5H3. The van der Waals surface area contributed by atoms with E-state index in [0.717, 1.165) is 89.9 Å². The molecule has 0 amide bonds. The molecule has 1 saturated carbocycles. The summed E-state index contributed by atoms with van der Waals surface area (Å²) < 4.78 is 2.17. The van der Waals surface area contributed by atoms with Crippen molar-refractivity contribution in [2.45, 2.75) is 97.7 Å². The van der Waals surface area contributed by atoms with Crippen molar-refractivity contribution in [1.82, 2.24) is 19.6 Å². The average Bonchev–Trinajstić information content (AvgIpc) is 3.66. The van der Waals surface area contributed by atoms with E-state index in [4.69, 9.17) is 5.10 Å². The monoisotopic (exact) mass is 592 g/mol. The highest BCUT2D eigenvalue weighted by Gasteiger charge is 2.26. The van der Waals surface area contributed by atoms with Crippen LogP contribution in [0.2, 0.25) is 0 Å². The number of rotatable bonds is 8. The van der Waals surface area contributed by atoms with Gasteiger partial charge < -0.3 is 0 Å². The summed E-state index contributed by atoms with van der Waals surface area (Å²) in [6, 6.07) is 13.6. The number of allylic oxidation sites excluding steroid dienone is 4. The highest BCUT2D eigenvalue weighted by Crippen LogP contribution is 2.36. The molecule has 1 saturated heterocycles. The van der Waals surface area contributed by atoms with Crippen LogP contribution in [0.1, 0.15) is 102 Å². The molecule has 2 fully saturated rings. The first kappa shape index (κ1) is 30.7. The van der Waals surface area contributed by atoms with Gasteiger partial charge in [-0.05, 0) is 93.9 Å². The summed E-state index contributed by atoms with van der Waals surface area (Å²) in [7, 11) is 0. The van der Waals surface area contributed by atoms with Gasteiger partial charge in [-0.25, -0.2) is 0 Å². The minimum Gasteiger partial charge on any atom is -0.297 e. The Morgan fingerprint density at radius 1 is 0.955 bits per heavy atom. The van der Waals surface area contributed by atoms with Gasteiger partial charge in [0.2, 0.25) is 0 Å². The number of nitrogens with zero attached hydrogens (tertiary/aromatic N) is 4. The second-order valence-electron chi connectivity index (χ2n) is 14.3. The van der Waals surface area contributed by atoms with Crippen molar-refractivity contribution in [2.75, 3.05) is 26.2 Å². The van der Waals surface area contributed by atoms with Gasteiger partial charge in [0.25, 0.3) is 0 Å². The van der Waals surface area contributed by atoms with Gasteiger partial charge in [-0.1, -0.05) is 48.8 Å². The average molecular weight is 593 g/mol. The molecule has 0 spiro atoms. The van der Waals surface area contributed by atoms with Crippen LogP contribution in [-0.2, 0) is 11.3 Å². The number of carbonyl (C=O) groups excluding carboxylic acids is 2. The van der Waals surface area contributed by atoms with Crippen molar-refractivity contribution < 1.29 is 9.59 Å². The number of hydrogen-bond donors (Lipinski definition) is 0. The van der Waals surface area contributed by atoms with Gasteiger partial charge in [0.15, 0.2) is 11.6 Å². The fraction of sp³-hybridized carbons (Fsp3) is 0.500. The minimum atomic E-state index is 0.0771. The predicted octanol–water partition coefficient (Wildman–Crippen LogP) is 7.93. The molecule has 6 nitrogen and oxygen atoms in total. The van der Waals surface area contributed by atoms with Crippen LogP contribution in [0.4, 0.5) is 0 Å². The predicted molar refractivity (Wildman–Crippen MR) is 179 cm³/mol. The largest absolute Gasteiger partial charge is 0.297 e. The van der Waals surface area contributed by atoms with Gasteiger partial charge in [-0.2, -0.15) is 5.10 Å². The third-order valence-electron chi connectivity index (χ3n) is 10.0. The lowest BCUT2D eigenvalue weighted by Crippen LogP contribution is -2.53. The zero-order valence-corrected chi connectivity index (χ0v) is 27.3. The van der Waals surface area contributed by atoms with Crippen molar-refractivity contribution in [2.24, 2.45) is 0 Å². The summed E-state index contributed by atoms with van der Waals surface area (Å²) in [5, 5.41) is 5.75. The summed E-state index contributed by atoms with van der Waals surface area (Å²) in [6.07, 6.45) is 9.93. The maximum absolute atomic E-state index is 13.9. The molecule has 0 atom stereocenters. The van der Waals surface area contributed by atoms with Gasteiger partial charge in [0.05, 0.1) is 17.8 Å². The molecule has 0 radical (unpaired) electrons. The smallest absolute Gasteiger partial charge is 0.163 e. The van der Waals surface area contributed by atoms with Crippen molar-refractivity contribution >= 4 is 22.5 Å². The Bertz CT molecular complexity index is 1600. The summed E-state index contributed by atoms with van der Waals surface area (Å²) in [5.41, 5.74) is 8.35. The van der Waals surface area contributed by atoms with Crippen LogP contribution in [0, 0.1) is 0 Å². The normalized spacial score (nSPS) is 19.3. The van der Waals surface area contributed by atoms with E-state index in [0.29, 0.717) is 25.3 Å². The molecular formula is C38H48N4O2. The second-order valence-corrected chi connectivity index (χ2v) is 14.3. The van der Waals surface area contributed by atoms with Crippen LogP contribution in [0.15, 0.2) is 65.4 Å². The molecule has 1 aromatic heterocycles. The van der Waals surface area contributed by atoms with E-state index >= 15 is 0 Å². The number of hydrogen-bond acceptors (Lipinski definition) is 5. The maximum atomic E-state index is 13.9. The fourth-order valence-corrected chi connectivity index (χ4v) is 7.42. The zero-order valence-electron chi connectivity index (χ0n) is 27.3. The first-order valence-corrected chi connectivity index (χ1v) is 16.6. The fourth-order valence-electron chi connectivity index (χ4n) is 7.42. The highest BCUT2D eigenvalue weighted by atomic mass is 16.1. The molecule has 3 aliphatic rings. The molecule has 0 unspecified atom stereocenters. The van der Waals surface area contributed by atoms with Gasteiger partial charge in [-0.15, -0.1) is 0 Å². The molecule has 6 rings (SSSR count). The number of piperazine rings is 1. The van der Waals surface area contributed by atoms with Gasteiger partial charge in [0, 0.05) is 62.1 Å². The molecule has 0 bridgehead atoms. The van der Waals surface area contributed by atoms with Gasteiger partial charge in [-0.3, -0.25) is 24.1 Å². The molecule has 2 heterocycles. The van der Waals surface area contributed by atoms with Crippen LogP contribution >= 0.6 is 0 Å². The van der Waals surface area contributed by atoms with E-state index in [1.54, 1.807) is 0 Å². The minimum absolute atomic E-state index is 0.0771. The third kappa shape index (κ3) is 6.52. The topological polar surface area (TPSA) is 58.4 Å². The van der Waals surface area contributed by atoms with Crippen LogP contribution in [0.3, 0.4) is 0 Å². The van der Waals surface area contributed by atoms with Crippen LogP contribution < -0.4 is 0 Å². The number of ketones is 2. The Morgan fingerprint density at radius 2 is 1.66 bits per heavy atom. The molecule has 3 aromatic rings. The SMILES string of the molecule is CC1=CC(C)=C(CCC(=O)c2cc(-c3ccc(CN4CCN(C(C)(C)C)CC4)cc3)cc3c2cnn3C2CCCC2)C(=O)C1. The Hall–Kier alpha value is -3.35. The summed E-state index contributed by atoms with van der Waals surface area (Å²) in [6.45, 7) is 16.2. The lowest BCUT2D eigenvalue weighted by atomic mass is 9.88. The Kier molecular flexibility index (Phi) is 8.76. The Morgan fingerprint density at radius 3 is 2.32 bits per heavy atom. The lowest BCUT2D eigenvalue weighted by Gasteiger charge is -2.42. The van der Waals surface area contributed by atoms with E-state index in [1.807, 2.05) is 20.0 Å². The van der Waals surface area contributed by atoms with Gasteiger partial charge >= 0.3 is 0 Å². The van der Waals surface area contributed by atoms with Crippen molar-refractivity contribution in [3.05, 3.63) is 76.5 Å². The summed E-state index contributed by atoms with van der Waals surface area (Å²) in [5.74, 6) is 0.229. The van der Waals surface area contributed by atoms with Crippen molar-refractivity contribution in [1.29, 1.82) is 0 Å². The molecule has 232 valence electrons. The number of carbonyl (C=O) groups is 2. The first-order valence-electron chi connectivity index (χ1n) is 16.6. The molecule has 2 aromatic carbocycles. The number of Topliss-reactive ketones (excluding diaryl/α,β-unsaturated/α-hetero) is 2. The summed E-state index contributed by atoms with van der Waals surface area (Å²) in [4.78, 5) is 31.7. The van der Waals surface area contributed by atoms with E-state index in [1.165, 1.54) is 18.4 Å². The van der Waals surface area contributed by atoms with Crippen molar-refractivity contribution in [3.63, 3.8) is 0 Å². The van der Waals surface area contributed by atoms with E-state index in [9.17, 15) is 9.59 Å². The number of benzene rings is 2. The Balaban J connectivity index is 1.25. The van der Waals surface area contributed by atoms with Crippen LogP contribution in [0.5, 0.6) is 0 Å². The number of aromatic nitrogens is 2. The maximum Gasteiger partial charge on any atom is 0.163 e. The quantitative estimate of drug-likeness (QED) is 0.249. The van der Waals surface area contributed by atoms with Gasteiger partial charge in [0.1, 0.15) is 0 Å². The van der Waals surface area contributed by atoms with E-state index in [2.05, 4.69) is 77.7 Å². The van der Waals surface area contributed by atoms with E-state index < -0.39 is 0 Å². The summed E-state index contributed by atoms with van der Waals surface area (Å²) >= 11 is 0. The van der Waals surface area contributed by atoms with Crippen LogP contribution in [-0.4, -0.2) is 62.9 Å². The second kappa shape index (κ2) is 12.6. The molecular weight excluding hydrogens is 544 g/mol. The zero-order chi connectivity index (χ0) is 31.0. The third-order valence-corrected chi connectivity index (χ3v) is 10.0. The molecule has 44 heavy (non-hydrogen) atoms. The van der Waals surface area contributed by atoms with E-state index in [-0.39, 0.29) is 17.1 Å². The lowest BCUT2D eigenvalue weighted by molar-refractivity contribution is -0.115. The molecule has 0 N–H and O–H groups in total. The van der Waals surface area contributed by atoms with Crippen LogP contribution in [0.25, 0.3) is 22.0 Å². The highest BCUT2D eigenvalue weighted by molar-refractivity contribution is 6.09. The molecule has 6 heteroatoms. The number of fused-ring (bicyclic) bond motifs is 1. The van der Waals surface area contributed by atoms with Crippen molar-refractivity contribution in [3.8, 4) is 11.1 Å².